The molecule has 0 atom stereocenters. The first-order valence-electron chi connectivity index (χ1n) is 14.8. The van der Waals surface area contributed by atoms with Crippen LogP contribution >= 0.6 is 23.1 Å². The zero-order valence-electron chi connectivity index (χ0n) is 23.5. The molecule has 44 heavy (non-hydrogen) atoms. The van der Waals surface area contributed by atoms with Gasteiger partial charge < -0.3 is 4.74 Å². The van der Waals surface area contributed by atoms with E-state index in [1.807, 2.05) is 11.3 Å². The van der Waals surface area contributed by atoms with Crippen LogP contribution in [0, 0.1) is 0 Å². The van der Waals surface area contributed by atoms with Crippen LogP contribution in [0.3, 0.4) is 0 Å². The van der Waals surface area contributed by atoms with Crippen LogP contribution in [-0.4, -0.2) is 21.1 Å². The third-order valence-corrected chi connectivity index (χ3v) is 11.2. The smallest absolute Gasteiger partial charge is 0.235 e. The Hall–Kier alpha value is -4.91. The zero-order valence-corrected chi connectivity index (χ0v) is 25.1. The minimum absolute atomic E-state index is 0.573. The maximum Gasteiger partial charge on any atom is 0.235 e. The van der Waals surface area contributed by atoms with E-state index in [2.05, 4.69) is 120 Å². The lowest BCUT2D eigenvalue weighted by atomic mass is 10.0. The largest absolute Gasteiger partial charge is 0.489 e. The second-order valence-electron chi connectivity index (χ2n) is 11.2. The van der Waals surface area contributed by atoms with E-state index in [-0.39, 0.29) is 0 Å². The molecule has 2 aliphatic heterocycles. The number of nitrogens with zero attached hydrogens (tertiary/aromatic N) is 3. The molecule has 0 saturated heterocycles. The van der Waals surface area contributed by atoms with Crippen LogP contribution in [0.25, 0.3) is 70.1 Å². The predicted octanol–water partition coefficient (Wildman–Crippen LogP) is 10.3. The summed E-state index contributed by atoms with van der Waals surface area (Å²) in [5.74, 6) is 1.67. The Kier molecular flexibility index (Phi) is 5.18. The van der Waals surface area contributed by atoms with E-state index in [4.69, 9.17) is 14.7 Å². The van der Waals surface area contributed by atoms with Gasteiger partial charge in [0, 0.05) is 57.2 Å². The molecule has 3 aromatic heterocycles. The number of benzene rings is 5. The number of hydrogen-bond acceptors (Lipinski definition) is 5. The van der Waals surface area contributed by atoms with Gasteiger partial charge in [0.15, 0.2) is 0 Å². The maximum absolute atomic E-state index is 6.19. The number of thiophene rings is 1. The molecule has 8 aromatic rings. The highest BCUT2D eigenvalue weighted by Crippen LogP contribution is 2.48. The van der Waals surface area contributed by atoms with Crippen LogP contribution in [-0.2, 0) is 6.42 Å². The summed E-state index contributed by atoms with van der Waals surface area (Å²) in [6.45, 7) is 0.573. The molecule has 2 aliphatic rings. The molecule has 0 fully saturated rings. The number of allylic oxidation sites excluding steroid dienone is 3. The van der Waals surface area contributed by atoms with Crippen LogP contribution in [0.15, 0.2) is 125 Å². The van der Waals surface area contributed by atoms with Gasteiger partial charge in [0.2, 0.25) is 5.95 Å². The average Bonchev–Trinajstić information content (AvgIpc) is 3.63. The van der Waals surface area contributed by atoms with Crippen LogP contribution in [0.5, 0.6) is 5.75 Å². The van der Waals surface area contributed by atoms with Crippen molar-refractivity contribution in [3.63, 3.8) is 0 Å². The maximum atomic E-state index is 6.19. The molecule has 0 radical (unpaired) electrons. The summed E-state index contributed by atoms with van der Waals surface area (Å²) in [6.07, 6.45) is 9.30. The van der Waals surface area contributed by atoms with Gasteiger partial charge in [-0.3, -0.25) is 4.57 Å². The number of rotatable bonds is 1. The summed E-state index contributed by atoms with van der Waals surface area (Å²) in [5, 5.41) is 6.14. The highest BCUT2D eigenvalue weighted by atomic mass is 32.2. The van der Waals surface area contributed by atoms with Crippen molar-refractivity contribution in [1.29, 1.82) is 0 Å². The molecular weight excluding hydrogens is 579 g/mol. The summed E-state index contributed by atoms with van der Waals surface area (Å²) in [6, 6.07) is 32.5. The summed E-state index contributed by atoms with van der Waals surface area (Å²) in [7, 11) is 0. The van der Waals surface area contributed by atoms with Crippen molar-refractivity contribution in [2.24, 2.45) is 0 Å². The van der Waals surface area contributed by atoms with Crippen LogP contribution in [0.1, 0.15) is 5.56 Å². The van der Waals surface area contributed by atoms with Gasteiger partial charge in [-0.15, -0.1) is 11.3 Å². The summed E-state index contributed by atoms with van der Waals surface area (Å²) < 4.78 is 11.0. The molecule has 4 nitrogen and oxygen atoms in total. The van der Waals surface area contributed by atoms with Gasteiger partial charge in [-0.25, -0.2) is 9.97 Å². The Bertz CT molecular complexity index is 2570. The quantitative estimate of drug-likeness (QED) is 0.188. The molecule has 0 amide bonds. The van der Waals surface area contributed by atoms with Gasteiger partial charge in [0.05, 0.1) is 22.2 Å². The van der Waals surface area contributed by atoms with Gasteiger partial charge in [-0.1, -0.05) is 78.5 Å². The van der Waals surface area contributed by atoms with Crippen LogP contribution in [0.4, 0.5) is 0 Å². The molecule has 6 heteroatoms. The van der Waals surface area contributed by atoms with E-state index in [0.29, 0.717) is 12.6 Å². The topological polar surface area (TPSA) is 39.9 Å². The fraction of sp³-hybridized carbons (Fsp3) is 0.0526. The minimum Gasteiger partial charge on any atom is -0.489 e. The first-order chi connectivity index (χ1) is 21.8. The normalized spacial score (nSPS) is 15.5. The molecule has 0 aliphatic carbocycles. The Labute approximate surface area is 260 Å². The second-order valence-corrected chi connectivity index (χ2v) is 13.3. The molecule has 208 valence electrons. The van der Waals surface area contributed by atoms with E-state index in [0.717, 1.165) is 45.4 Å². The Morgan fingerprint density at radius 3 is 2.50 bits per heavy atom. The summed E-state index contributed by atoms with van der Waals surface area (Å²) in [5.41, 5.74) is 6.61. The fourth-order valence-corrected chi connectivity index (χ4v) is 9.37. The van der Waals surface area contributed by atoms with Gasteiger partial charge in [0.25, 0.3) is 0 Å². The number of para-hydroxylation sites is 1. The highest BCUT2D eigenvalue weighted by Gasteiger charge is 2.25. The van der Waals surface area contributed by atoms with Crippen molar-refractivity contribution in [1.82, 2.24) is 14.5 Å². The molecule has 0 spiro atoms. The molecule has 5 heterocycles. The molecule has 10 rings (SSSR count). The second kappa shape index (κ2) is 9.29. The lowest BCUT2D eigenvalue weighted by Crippen LogP contribution is -2.05. The molecule has 0 saturated carbocycles. The zero-order chi connectivity index (χ0) is 28.8. The molecule has 0 bridgehead atoms. The Morgan fingerprint density at radius 2 is 1.50 bits per heavy atom. The lowest BCUT2D eigenvalue weighted by molar-refractivity contribution is 0.360. The lowest BCUT2D eigenvalue weighted by Gasteiger charge is -2.20. The Balaban J connectivity index is 1.29. The van der Waals surface area contributed by atoms with Crippen molar-refractivity contribution < 1.29 is 4.74 Å². The number of fused-ring (bicyclic) bond motifs is 11. The summed E-state index contributed by atoms with van der Waals surface area (Å²) >= 11 is 3.67. The SMILES string of the molecule is C1=C\COc2ccc3c(sc4c3ccc3c4c4ccccc4n3-c3nc4c5c(cccc5n3)Sc3ccccc3-4)c2C\C=C/1. The van der Waals surface area contributed by atoms with Crippen molar-refractivity contribution in [3.8, 4) is 23.0 Å². The van der Waals surface area contributed by atoms with E-state index in [9.17, 15) is 0 Å². The summed E-state index contributed by atoms with van der Waals surface area (Å²) in [4.78, 5) is 13.0. The predicted molar refractivity (Wildman–Crippen MR) is 184 cm³/mol. The van der Waals surface area contributed by atoms with Crippen molar-refractivity contribution in [3.05, 3.63) is 121 Å². The number of hydrogen-bond donors (Lipinski definition) is 0. The number of ether oxygens (including phenoxy) is 1. The van der Waals surface area contributed by atoms with Gasteiger partial charge in [-0.2, -0.15) is 0 Å². The third-order valence-electron chi connectivity index (χ3n) is 8.78. The first kappa shape index (κ1) is 24.5. The number of aromatic nitrogens is 3. The van der Waals surface area contributed by atoms with E-state index < -0.39 is 0 Å². The van der Waals surface area contributed by atoms with Crippen LogP contribution in [0.2, 0.25) is 0 Å². The monoisotopic (exact) mass is 601 g/mol. The van der Waals surface area contributed by atoms with Crippen molar-refractivity contribution >= 4 is 76.0 Å². The van der Waals surface area contributed by atoms with Gasteiger partial charge in [0.1, 0.15) is 12.4 Å². The van der Waals surface area contributed by atoms with E-state index in [1.54, 1.807) is 11.8 Å². The van der Waals surface area contributed by atoms with E-state index in [1.165, 1.54) is 46.3 Å². The van der Waals surface area contributed by atoms with Crippen LogP contribution < -0.4 is 4.74 Å². The first-order valence-corrected chi connectivity index (χ1v) is 16.4. The van der Waals surface area contributed by atoms with E-state index >= 15 is 0 Å². The van der Waals surface area contributed by atoms with Crippen molar-refractivity contribution in [2.45, 2.75) is 16.2 Å². The molecular formula is C38H23N3OS2. The molecule has 5 aromatic carbocycles. The fourth-order valence-electron chi connectivity index (χ4n) is 6.86. The van der Waals surface area contributed by atoms with Gasteiger partial charge in [-0.05, 0) is 55.0 Å². The standard InChI is InChI=1S/C38H23N3OS2/c1-2-8-21-42-30-20-18-22-23-17-19-29-33(37(23)44-36(22)25(30)11-3-1)24-10-4-6-14-28(24)41(29)38-39-27-13-9-16-32-34(27)35(40-38)26-12-5-7-15-31(26)43-32/h1-10,12-20H,11,21H2/b3-1-,8-2-. The highest BCUT2D eigenvalue weighted by molar-refractivity contribution is 7.99. The third kappa shape index (κ3) is 3.41. The molecule has 0 N–H and O–H groups in total. The van der Waals surface area contributed by atoms with Crippen molar-refractivity contribution in [2.75, 3.05) is 6.61 Å². The Morgan fingerprint density at radius 1 is 0.659 bits per heavy atom. The molecule has 0 unspecified atom stereocenters. The average molecular weight is 602 g/mol. The van der Waals surface area contributed by atoms with Gasteiger partial charge >= 0.3 is 0 Å². The minimum atomic E-state index is 0.573.